The van der Waals surface area contributed by atoms with Crippen LogP contribution in [0.4, 0.5) is 4.79 Å². The molecule has 1 aromatic carbocycles. The molecule has 9 nitrogen and oxygen atoms in total. The smallest absolute Gasteiger partial charge is 0.503 e. The molecule has 1 saturated carbocycles. The molecule has 156 valence electrons. The van der Waals surface area contributed by atoms with Gasteiger partial charge in [-0.2, -0.15) is 0 Å². The summed E-state index contributed by atoms with van der Waals surface area (Å²) in [5, 5.41) is 43.1. The number of aliphatic hydroxyl groups excluding tert-OH is 2. The van der Waals surface area contributed by atoms with Gasteiger partial charge in [0.1, 0.15) is 18.0 Å². The van der Waals surface area contributed by atoms with Crippen molar-refractivity contribution in [2.45, 2.75) is 50.6 Å². The Morgan fingerprint density at radius 1 is 1.14 bits per heavy atom. The lowest BCUT2D eigenvalue weighted by Crippen LogP contribution is -2.48. The highest BCUT2D eigenvalue weighted by atomic mass is 16.6. The van der Waals surface area contributed by atoms with Crippen LogP contribution < -0.4 is 0 Å². The zero-order valence-corrected chi connectivity index (χ0v) is 15.5. The van der Waals surface area contributed by atoms with E-state index in [0.29, 0.717) is 19.4 Å². The summed E-state index contributed by atoms with van der Waals surface area (Å²) in [5.74, 6) is -0.456. The van der Waals surface area contributed by atoms with Gasteiger partial charge in [0.25, 0.3) is 0 Å². The van der Waals surface area contributed by atoms with Crippen molar-refractivity contribution in [2.75, 3.05) is 6.61 Å². The number of ether oxygens (including phenoxy) is 2. The van der Waals surface area contributed by atoms with Crippen molar-refractivity contribution in [2.24, 2.45) is 0 Å². The number of carbonyl (C=O) groups is 2. The minimum atomic E-state index is -1.83. The average Bonchev–Trinajstić information content (AvgIpc) is 2.63. The van der Waals surface area contributed by atoms with Gasteiger partial charge in [0, 0.05) is 25.5 Å². The summed E-state index contributed by atoms with van der Waals surface area (Å²) in [6.45, 7) is 2.55. The van der Waals surface area contributed by atoms with E-state index < -0.39 is 30.4 Å². The molecule has 0 bridgehead atoms. The molecule has 0 aromatic heterocycles. The quantitative estimate of drug-likeness (QED) is 0.357. The standard InChI is InChI=1S/C18H24O6.CH2O3/c1-2-9-23-14-10-15(20)18(22)16(11-14)24-17(21)8-5-12-3-6-13(19)7-4-12;2-1(3)4/h3-8,14-16,18-20,22H,2,9-11H2,1H3;(H2,2,3,4)/b8-5+;/t14-,15-,16+,18+;/m0./s1. The molecular weight excluding hydrogens is 372 g/mol. The third-order valence-corrected chi connectivity index (χ3v) is 3.90. The monoisotopic (exact) mass is 398 g/mol. The number of aliphatic hydroxyl groups is 2. The van der Waals surface area contributed by atoms with Crippen LogP contribution in [0.1, 0.15) is 31.7 Å². The molecule has 1 aliphatic rings. The van der Waals surface area contributed by atoms with Crippen molar-refractivity contribution in [1.82, 2.24) is 0 Å². The Morgan fingerprint density at radius 2 is 1.75 bits per heavy atom. The van der Waals surface area contributed by atoms with Crippen LogP contribution >= 0.6 is 0 Å². The predicted octanol–water partition coefficient (Wildman–Crippen LogP) is 1.85. The zero-order chi connectivity index (χ0) is 21.1. The highest BCUT2D eigenvalue weighted by Gasteiger charge is 2.38. The molecule has 28 heavy (non-hydrogen) atoms. The maximum absolute atomic E-state index is 11.9. The van der Waals surface area contributed by atoms with Crippen molar-refractivity contribution in [3.05, 3.63) is 35.9 Å². The Bertz CT molecular complexity index is 637. The van der Waals surface area contributed by atoms with Crippen LogP contribution in [0.2, 0.25) is 0 Å². The van der Waals surface area contributed by atoms with Crippen LogP contribution in [0.3, 0.4) is 0 Å². The molecule has 2 rings (SSSR count). The zero-order valence-electron chi connectivity index (χ0n) is 15.5. The van der Waals surface area contributed by atoms with Gasteiger partial charge in [-0.05, 0) is 30.2 Å². The van der Waals surface area contributed by atoms with Crippen LogP contribution in [0.15, 0.2) is 30.3 Å². The summed E-state index contributed by atoms with van der Waals surface area (Å²) < 4.78 is 10.9. The lowest BCUT2D eigenvalue weighted by molar-refractivity contribution is -0.170. The number of benzene rings is 1. The van der Waals surface area contributed by atoms with Crippen molar-refractivity contribution >= 4 is 18.2 Å². The number of carbonyl (C=O) groups excluding carboxylic acids is 1. The summed E-state index contributed by atoms with van der Waals surface area (Å²) in [4.78, 5) is 20.5. The minimum Gasteiger partial charge on any atom is -0.508 e. The van der Waals surface area contributed by atoms with Gasteiger partial charge in [-0.15, -0.1) is 0 Å². The fourth-order valence-corrected chi connectivity index (χ4v) is 2.63. The summed E-state index contributed by atoms with van der Waals surface area (Å²) in [5.41, 5.74) is 0.734. The summed E-state index contributed by atoms with van der Waals surface area (Å²) >= 11 is 0. The molecular formula is C19H26O9. The van der Waals surface area contributed by atoms with E-state index in [0.717, 1.165) is 12.0 Å². The SMILES string of the molecule is CCCO[C@H]1C[C@H](O)[C@@H](O)[C@H](OC(=O)/C=C/c2ccc(O)cc2)C1.O=C(O)O. The first-order valence-electron chi connectivity index (χ1n) is 8.80. The van der Waals surface area contributed by atoms with E-state index in [2.05, 4.69) is 0 Å². The molecule has 5 N–H and O–H groups in total. The normalized spacial score (nSPS) is 24.2. The van der Waals surface area contributed by atoms with Crippen LogP contribution in [-0.2, 0) is 14.3 Å². The number of hydrogen-bond donors (Lipinski definition) is 5. The number of hydrogen-bond acceptors (Lipinski definition) is 7. The number of phenolic OH excluding ortho intramolecular Hbond substituents is 1. The van der Waals surface area contributed by atoms with Crippen molar-refractivity contribution in [1.29, 1.82) is 0 Å². The minimum absolute atomic E-state index is 0.146. The average molecular weight is 398 g/mol. The number of phenols is 1. The van der Waals surface area contributed by atoms with Crippen molar-refractivity contribution in [3.8, 4) is 5.75 Å². The fraction of sp³-hybridized carbons (Fsp3) is 0.474. The molecule has 1 fully saturated rings. The molecule has 0 saturated heterocycles. The van der Waals surface area contributed by atoms with Crippen LogP contribution in [0, 0.1) is 0 Å². The van der Waals surface area contributed by atoms with Gasteiger partial charge < -0.3 is 35.0 Å². The Balaban J connectivity index is 0.000000892. The van der Waals surface area contributed by atoms with E-state index in [9.17, 15) is 20.1 Å². The van der Waals surface area contributed by atoms with E-state index in [-0.39, 0.29) is 11.9 Å². The Morgan fingerprint density at radius 3 is 2.32 bits per heavy atom. The van der Waals surface area contributed by atoms with Crippen molar-refractivity contribution < 1.29 is 44.6 Å². The molecule has 0 amide bonds. The molecule has 0 heterocycles. The second kappa shape index (κ2) is 12.0. The van der Waals surface area contributed by atoms with Gasteiger partial charge >= 0.3 is 12.1 Å². The van der Waals surface area contributed by atoms with Gasteiger partial charge in [-0.25, -0.2) is 9.59 Å². The molecule has 9 heteroatoms. The molecule has 1 aliphatic carbocycles. The van der Waals surface area contributed by atoms with Crippen LogP contribution in [0.25, 0.3) is 6.08 Å². The topological polar surface area (TPSA) is 154 Å². The highest BCUT2D eigenvalue weighted by molar-refractivity contribution is 5.87. The van der Waals surface area contributed by atoms with Crippen LogP contribution in [-0.4, -0.2) is 68.7 Å². The first-order chi connectivity index (χ1) is 13.2. The summed E-state index contributed by atoms with van der Waals surface area (Å²) in [6.07, 6.45) is -0.600. The summed E-state index contributed by atoms with van der Waals surface area (Å²) in [7, 11) is 0. The van der Waals surface area contributed by atoms with Gasteiger partial charge in [0.15, 0.2) is 0 Å². The van der Waals surface area contributed by atoms with Gasteiger partial charge in [0.2, 0.25) is 0 Å². The maximum Gasteiger partial charge on any atom is 0.503 e. The Labute approximate surface area is 162 Å². The Hall–Kier alpha value is -2.62. The van der Waals surface area contributed by atoms with E-state index in [4.69, 9.17) is 24.5 Å². The van der Waals surface area contributed by atoms with E-state index >= 15 is 0 Å². The van der Waals surface area contributed by atoms with Gasteiger partial charge in [-0.3, -0.25) is 0 Å². The first kappa shape index (κ1) is 23.4. The lowest BCUT2D eigenvalue weighted by atomic mass is 9.89. The number of rotatable bonds is 6. The largest absolute Gasteiger partial charge is 0.508 e. The van der Waals surface area contributed by atoms with Gasteiger partial charge in [-0.1, -0.05) is 19.1 Å². The molecule has 0 unspecified atom stereocenters. The third kappa shape index (κ3) is 8.85. The van der Waals surface area contributed by atoms with E-state index in [1.54, 1.807) is 18.2 Å². The molecule has 0 radical (unpaired) electrons. The highest BCUT2D eigenvalue weighted by Crippen LogP contribution is 2.25. The number of carboxylic acid groups (broad SMARTS) is 2. The third-order valence-electron chi connectivity index (χ3n) is 3.90. The second-order valence-electron chi connectivity index (χ2n) is 6.20. The maximum atomic E-state index is 11.9. The van der Waals surface area contributed by atoms with Gasteiger partial charge in [0.05, 0.1) is 12.2 Å². The second-order valence-corrected chi connectivity index (χ2v) is 6.20. The van der Waals surface area contributed by atoms with E-state index in [1.807, 2.05) is 6.92 Å². The predicted molar refractivity (Wildman–Crippen MR) is 99.0 cm³/mol. The van der Waals surface area contributed by atoms with E-state index in [1.165, 1.54) is 18.2 Å². The first-order valence-corrected chi connectivity index (χ1v) is 8.80. The fourth-order valence-electron chi connectivity index (χ4n) is 2.63. The van der Waals surface area contributed by atoms with Crippen LogP contribution in [0.5, 0.6) is 5.75 Å². The van der Waals surface area contributed by atoms with Crippen molar-refractivity contribution in [3.63, 3.8) is 0 Å². The summed E-state index contributed by atoms with van der Waals surface area (Å²) in [6, 6.07) is 6.35. The molecule has 0 spiro atoms. The molecule has 1 aromatic rings. The lowest BCUT2D eigenvalue weighted by Gasteiger charge is -2.35. The number of aromatic hydroxyl groups is 1. The molecule has 4 atom stereocenters. The number of esters is 1. The Kier molecular flexibility index (Phi) is 10.0. The molecule has 0 aliphatic heterocycles.